The largest absolute Gasteiger partial charge is 0.482 e. The lowest BCUT2D eigenvalue weighted by Gasteiger charge is -2.17. The number of rotatable bonds is 7. The van der Waals surface area contributed by atoms with Gasteiger partial charge < -0.3 is 20.1 Å². The van der Waals surface area contributed by atoms with Crippen molar-refractivity contribution in [3.63, 3.8) is 0 Å². The number of benzene rings is 2. The molecule has 2 aromatic rings. The molecular weight excluding hydrogens is 360 g/mol. The van der Waals surface area contributed by atoms with Crippen LogP contribution in [0.5, 0.6) is 5.75 Å². The van der Waals surface area contributed by atoms with E-state index >= 15 is 0 Å². The van der Waals surface area contributed by atoms with Crippen molar-refractivity contribution in [2.24, 2.45) is 5.92 Å². The van der Waals surface area contributed by atoms with Gasteiger partial charge >= 0.3 is 5.97 Å². The van der Waals surface area contributed by atoms with Crippen LogP contribution >= 0.6 is 0 Å². The maximum Gasteiger partial charge on any atom is 0.341 e. The number of hydrogen-bond acceptors (Lipinski definition) is 4. The topological polar surface area (TPSA) is 95.9 Å². The number of anilines is 1. The van der Waals surface area contributed by atoms with Crippen LogP contribution < -0.4 is 15.0 Å². The van der Waals surface area contributed by atoms with Crippen LogP contribution in [0.4, 0.5) is 5.69 Å². The summed E-state index contributed by atoms with van der Waals surface area (Å²) in [4.78, 5) is 36.9. The number of nitrogens with zero attached hydrogens (tertiary/aromatic N) is 1. The Morgan fingerprint density at radius 3 is 2.46 bits per heavy atom. The molecule has 0 unspecified atom stereocenters. The second-order valence-corrected chi connectivity index (χ2v) is 6.79. The van der Waals surface area contributed by atoms with E-state index in [9.17, 15) is 14.4 Å². The van der Waals surface area contributed by atoms with Gasteiger partial charge in [0.05, 0.1) is 5.92 Å². The Kier molecular flexibility index (Phi) is 5.93. The highest BCUT2D eigenvalue weighted by Gasteiger charge is 2.35. The number of aryl methyl sites for hydroxylation is 1. The average molecular weight is 382 g/mol. The van der Waals surface area contributed by atoms with Gasteiger partial charge in [-0.25, -0.2) is 4.79 Å². The number of amides is 2. The standard InChI is InChI=1S/C21H22N2O5/c1-14-2-4-15(5-3-14)11-22-21(27)16-10-19(24)23(12-16)17-6-8-18(9-7-17)28-13-20(25)26/h2-9,16H,10-13H2,1H3,(H,22,27)(H,25,26)/t16-/m1/s1. The van der Waals surface area contributed by atoms with Crippen LogP contribution in [0.3, 0.4) is 0 Å². The van der Waals surface area contributed by atoms with E-state index in [4.69, 9.17) is 9.84 Å². The van der Waals surface area contributed by atoms with E-state index < -0.39 is 18.5 Å². The number of carbonyl (C=O) groups excluding carboxylic acids is 2. The smallest absolute Gasteiger partial charge is 0.341 e. The van der Waals surface area contributed by atoms with Crippen LogP contribution in [0.25, 0.3) is 0 Å². The van der Waals surface area contributed by atoms with Gasteiger partial charge in [-0.1, -0.05) is 29.8 Å². The minimum atomic E-state index is -1.06. The van der Waals surface area contributed by atoms with Gasteiger partial charge in [0.25, 0.3) is 0 Å². The molecule has 1 saturated heterocycles. The lowest BCUT2D eigenvalue weighted by atomic mass is 10.1. The molecule has 0 spiro atoms. The van der Waals surface area contributed by atoms with Gasteiger partial charge in [-0.05, 0) is 36.8 Å². The molecule has 1 fully saturated rings. The highest BCUT2D eigenvalue weighted by atomic mass is 16.5. The molecule has 0 radical (unpaired) electrons. The lowest BCUT2D eigenvalue weighted by Crippen LogP contribution is -2.32. The second-order valence-electron chi connectivity index (χ2n) is 6.79. The number of aliphatic carboxylic acids is 1. The molecule has 0 aliphatic carbocycles. The zero-order valence-electron chi connectivity index (χ0n) is 15.6. The fourth-order valence-electron chi connectivity index (χ4n) is 3.04. The third kappa shape index (κ3) is 4.88. The summed E-state index contributed by atoms with van der Waals surface area (Å²) >= 11 is 0. The predicted octanol–water partition coefficient (Wildman–Crippen LogP) is 2.13. The van der Waals surface area contributed by atoms with E-state index in [1.54, 1.807) is 29.2 Å². The first-order chi connectivity index (χ1) is 13.4. The monoisotopic (exact) mass is 382 g/mol. The van der Waals surface area contributed by atoms with E-state index in [-0.39, 0.29) is 18.2 Å². The SMILES string of the molecule is Cc1ccc(CNC(=O)[C@@H]2CC(=O)N(c3ccc(OCC(=O)O)cc3)C2)cc1. The molecule has 2 amide bonds. The number of hydrogen-bond donors (Lipinski definition) is 2. The average Bonchev–Trinajstić information content (AvgIpc) is 3.08. The summed E-state index contributed by atoms with van der Waals surface area (Å²) in [6.45, 7) is 2.32. The minimum Gasteiger partial charge on any atom is -0.482 e. The van der Waals surface area contributed by atoms with Gasteiger partial charge in [0.15, 0.2) is 6.61 Å². The Morgan fingerprint density at radius 1 is 1.14 bits per heavy atom. The van der Waals surface area contributed by atoms with Crippen molar-refractivity contribution < 1.29 is 24.2 Å². The zero-order valence-corrected chi connectivity index (χ0v) is 15.6. The Morgan fingerprint density at radius 2 is 1.82 bits per heavy atom. The molecule has 3 rings (SSSR count). The van der Waals surface area contributed by atoms with Gasteiger partial charge in [-0.3, -0.25) is 9.59 Å². The first-order valence-electron chi connectivity index (χ1n) is 9.00. The summed E-state index contributed by atoms with van der Waals surface area (Å²) in [5.74, 6) is -1.31. The molecule has 0 bridgehead atoms. The summed E-state index contributed by atoms with van der Waals surface area (Å²) in [7, 11) is 0. The number of nitrogens with one attached hydrogen (secondary N) is 1. The Labute approximate surface area is 162 Å². The zero-order chi connectivity index (χ0) is 20.1. The van der Waals surface area contributed by atoms with E-state index in [0.717, 1.165) is 11.1 Å². The van der Waals surface area contributed by atoms with Crippen LogP contribution in [-0.4, -0.2) is 36.0 Å². The van der Waals surface area contributed by atoms with Gasteiger partial charge in [0.2, 0.25) is 11.8 Å². The van der Waals surface area contributed by atoms with Gasteiger partial charge in [-0.15, -0.1) is 0 Å². The van der Waals surface area contributed by atoms with E-state index in [2.05, 4.69) is 5.32 Å². The van der Waals surface area contributed by atoms with Crippen molar-refractivity contribution in [3.8, 4) is 5.75 Å². The molecule has 2 N–H and O–H groups in total. The molecule has 0 aromatic heterocycles. The summed E-state index contributed by atoms with van der Waals surface area (Å²) in [5.41, 5.74) is 2.82. The molecule has 1 heterocycles. The normalized spacial score (nSPS) is 16.1. The minimum absolute atomic E-state index is 0.116. The highest BCUT2D eigenvalue weighted by Crippen LogP contribution is 2.27. The van der Waals surface area contributed by atoms with Crippen molar-refractivity contribution in [2.45, 2.75) is 19.9 Å². The molecule has 28 heavy (non-hydrogen) atoms. The molecule has 7 nitrogen and oxygen atoms in total. The van der Waals surface area contributed by atoms with Crippen molar-refractivity contribution in [1.29, 1.82) is 0 Å². The van der Waals surface area contributed by atoms with E-state index in [1.165, 1.54) is 0 Å². The van der Waals surface area contributed by atoms with Gasteiger partial charge in [0.1, 0.15) is 5.75 Å². The number of ether oxygens (including phenoxy) is 1. The van der Waals surface area contributed by atoms with Gasteiger partial charge in [-0.2, -0.15) is 0 Å². The molecule has 2 aromatic carbocycles. The molecule has 1 atom stereocenters. The molecule has 1 aliphatic heterocycles. The van der Waals surface area contributed by atoms with Crippen LogP contribution in [-0.2, 0) is 20.9 Å². The second kappa shape index (κ2) is 8.56. The predicted molar refractivity (Wildman–Crippen MR) is 103 cm³/mol. The third-order valence-corrected chi connectivity index (χ3v) is 4.59. The maximum atomic E-state index is 12.4. The van der Waals surface area contributed by atoms with Crippen molar-refractivity contribution in [3.05, 3.63) is 59.7 Å². The number of carboxylic acids is 1. The number of carbonyl (C=O) groups is 3. The fourth-order valence-corrected chi connectivity index (χ4v) is 3.04. The van der Waals surface area contributed by atoms with Crippen LogP contribution in [0.1, 0.15) is 17.5 Å². The highest BCUT2D eigenvalue weighted by molar-refractivity contribution is 6.00. The first kappa shape index (κ1) is 19.4. The van der Waals surface area contributed by atoms with Crippen LogP contribution in [0, 0.1) is 12.8 Å². The van der Waals surface area contributed by atoms with E-state index in [1.807, 2.05) is 31.2 Å². The van der Waals surface area contributed by atoms with Gasteiger partial charge in [0, 0.05) is 25.2 Å². The fraction of sp³-hybridized carbons (Fsp3) is 0.286. The summed E-state index contributed by atoms with van der Waals surface area (Å²) in [6, 6.07) is 14.5. The third-order valence-electron chi connectivity index (χ3n) is 4.59. The van der Waals surface area contributed by atoms with Crippen molar-refractivity contribution in [1.82, 2.24) is 5.32 Å². The van der Waals surface area contributed by atoms with Crippen LogP contribution in [0.15, 0.2) is 48.5 Å². The summed E-state index contributed by atoms with van der Waals surface area (Å²) < 4.78 is 5.09. The summed E-state index contributed by atoms with van der Waals surface area (Å²) in [5, 5.41) is 11.5. The molecule has 146 valence electrons. The Bertz CT molecular complexity index is 861. The molecule has 0 saturated carbocycles. The Balaban J connectivity index is 1.55. The van der Waals surface area contributed by atoms with Crippen LogP contribution in [0.2, 0.25) is 0 Å². The quantitative estimate of drug-likeness (QED) is 0.765. The van der Waals surface area contributed by atoms with E-state index in [0.29, 0.717) is 24.5 Å². The molecule has 7 heteroatoms. The first-order valence-corrected chi connectivity index (χ1v) is 9.00. The number of carboxylic acid groups (broad SMARTS) is 1. The maximum absolute atomic E-state index is 12.4. The summed E-state index contributed by atoms with van der Waals surface area (Å²) in [6.07, 6.45) is 0.164. The van der Waals surface area contributed by atoms with Crippen molar-refractivity contribution in [2.75, 3.05) is 18.1 Å². The molecular formula is C21H22N2O5. The lowest BCUT2D eigenvalue weighted by molar-refractivity contribution is -0.139. The van der Waals surface area contributed by atoms with Crippen molar-refractivity contribution >= 4 is 23.5 Å². The Hall–Kier alpha value is -3.35. The molecule has 1 aliphatic rings.